The molecular formula is C16H19N3O2. The van der Waals surface area contributed by atoms with Gasteiger partial charge in [-0.1, -0.05) is 6.07 Å². The molecule has 0 unspecified atom stereocenters. The molecular weight excluding hydrogens is 266 g/mol. The lowest BCUT2D eigenvalue weighted by atomic mass is 10.2. The summed E-state index contributed by atoms with van der Waals surface area (Å²) in [6.07, 6.45) is 5.88. The third kappa shape index (κ3) is 3.70. The predicted octanol–water partition coefficient (Wildman–Crippen LogP) is 2.84. The molecule has 0 atom stereocenters. The number of nitrogens with zero attached hydrogens (tertiary/aromatic N) is 2. The van der Waals surface area contributed by atoms with Crippen LogP contribution in [0.4, 0.5) is 0 Å². The Morgan fingerprint density at radius 3 is 2.86 bits per heavy atom. The average Bonchev–Trinajstić information content (AvgIpc) is 3.32. The van der Waals surface area contributed by atoms with E-state index in [0.29, 0.717) is 23.4 Å². The molecule has 5 heteroatoms. The standard InChI is InChI=1S/C16H19N3O2/c1-11-3-6-14(15(7-11)20-2)21-16-10-17-8-13(19-16)9-18-12-4-5-12/h3,6-8,10,12,18H,4-5,9H2,1-2H3. The minimum Gasteiger partial charge on any atom is -0.493 e. The zero-order valence-corrected chi connectivity index (χ0v) is 12.3. The second kappa shape index (κ2) is 6.10. The lowest BCUT2D eigenvalue weighted by Crippen LogP contribution is -2.16. The Hall–Kier alpha value is -2.14. The lowest BCUT2D eigenvalue weighted by molar-refractivity contribution is 0.372. The number of aryl methyl sites for hydroxylation is 1. The van der Waals surface area contributed by atoms with E-state index >= 15 is 0 Å². The normalized spacial score (nSPS) is 14.0. The van der Waals surface area contributed by atoms with Gasteiger partial charge < -0.3 is 14.8 Å². The quantitative estimate of drug-likeness (QED) is 0.884. The second-order valence-electron chi connectivity index (χ2n) is 5.26. The van der Waals surface area contributed by atoms with Gasteiger partial charge in [0.2, 0.25) is 5.88 Å². The van der Waals surface area contributed by atoms with E-state index in [1.807, 2.05) is 25.1 Å². The summed E-state index contributed by atoms with van der Waals surface area (Å²) >= 11 is 0. The molecule has 1 heterocycles. The first kappa shape index (κ1) is 13.8. The van der Waals surface area contributed by atoms with Crippen molar-refractivity contribution in [3.63, 3.8) is 0 Å². The fraction of sp³-hybridized carbons (Fsp3) is 0.375. The van der Waals surface area contributed by atoms with Gasteiger partial charge in [0.05, 0.1) is 19.0 Å². The van der Waals surface area contributed by atoms with Crippen LogP contribution in [0.15, 0.2) is 30.6 Å². The van der Waals surface area contributed by atoms with E-state index < -0.39 is 0 Å². The van der Waals surface area contributed by atoms with E-state index in [1.54, 1.807) is 19.5 Å². The summed E-state index contributed by atoms with van der Waals surface area (Å²) < 4.78 is 11.1. The molecule has 110 valence electrons. The molecule has 5 nitrogen and oxygen atoms in total. The largest absolute Gasteiger partial charge is 0.493 e. The number of rotatable bonds is 6. The summed E-state index contributed by atoms with van der Waals surface area (Å²) in [5.74, 6) is 1.82. The average molecular weight is 285 g/mol. The summed E-state index contributed by atoms with van der Waals surface area (Å²) in [5.41, 5.74) is 2.00. The Labute approximate surface area is 124 Å². The van der Waals surface area contributed by atoms with Gasteiger partial charge in [-0.15, -0.1) is 0 Å². The van der Waals surface area contributed by atoms with E-state index in [1.165, 1.54) is 12.8 Å². The van der Waals surface area contributed by atoms with Gasteiger partial charge in [-0.2, -0.15) is 0 Å². The van der Waals surface area contributed by atoms with Crippen molar-refractivity contribution < 1.29 is 9.47 Å². The van der Waals surface area contributed by atoms with Gasteiger partial charge in [-0.3, -0.25) is 4.98 Å². The van der Waals surface area contributed by atoms with Gasteiger partial charge in [0.25, 0.3) is 0 Å². The van der Waals surface area contributed by atoms with Crippen molar-refractivity contribution in [2.75, 3.05) is 7.11 Å². The maximum absolute atomic E-state index is 5.79. The van der Waals surface area contributed by atoms with Gasteiger partial charge >= 0.3 is 0 Å². The van der Waals surface area contributed by atoms with Gasteiger partial charge in [-0.05, 0) is 37.5 Å². The Balaban J connectivity index is 1.73. The summed E-state index contributed by atoms with van der Waals surface area (Å²) in [4.78, 5) is 8.65. The molecule has 2 aromatic rings. The molecule has 1 aromatic heterocycles. The van der Waals surface area contributed by atoms with Crippen molar-refractivity contribution in [1.82, 2.24) is 15.3 Å². The van der Waals surface area contributed by atoms with Crippen molar-refractivity contribution in [3.05, 3.63) is 41.9 Å². The summed E-state index contributed by atoms with van der Waals surface area (Å²) in [6.45, 7) is 2.73. The number of ether oxygens (including phenoxy) is 2. The molecule has 0 bridgehead atoms. The first-order chi connectivity index (χ1) is 10.2. The zero-order chi connectivity index (χ0) is 14.7. The number of hydrogen-bond donors (Lipinski definition) is 1. The van der Waals surface area contributed by atoms with Crippen LogP contribution in [0, 0.1) is 6.92 Å². The van der Waals surface area contributed by atoms with Crippen molar-refractivity contribution in [3.8, 4) is 17.4 Å². The Bertz CT molecular complexity index is 627. The first-order valence-corrected chi connectivity index (χ1v) is 7.11. The fourth-order valence-corrected chi connectivity index (χ4v) is 2.03. The summed E-state index contributed by atoms with van der Waals surface area (Å²) in [6, 6.07) is 6.43. The highest BCUT2D eigenvalue weighted by atomic mass is 16.5. The molecule has 1 aliphatic carbocycles. The van der Waals surface area contributed by atoms with E-state index in [2.05, 4.69) is 15.3 Å². The van der Waals surface area contributed by atoms with Crippen LogP contribution in [0.2, 0.25) is 0 Å². The molecule has 0 radical (unpaired) electrons. The molecule has 0 spiro atoms. The molecule has 1 saturated carbocycles. The van der Waals surface area contributed by atoms with Crippen LogP contribution in [0.5, 0.6) is 17.4 Å². The number of aromatic nitrogens is 2. The number of hydrogen-bond acceptors (Lipinski definition) is 5. The molecule has 1 fully saturated rings. The first-order valence-electron chi connectivity index (χ1n) is 7.11. The topological polar surface area (TPSA) is 56.3 Å². The third-order valence-corrected chi connectivity index (χ3v) is 3.35. The van der Waals surface area contributed by atoms with E-state index in [9.17, 15) is 0 Å². The van der Waals surface area contributed by atoms with Gasteiger partial charge in [0.1, 0.15) is 0 Å². The number of methoxy groups -OCH3 is 1. The molecule has 0 aliphatic heterocycles. The molecule has 0 amide bonds. The van der Waals surface area contributed by atoms with Crippen LogP contribution < -0.4 is 14.8 Å². The molecule has 3 rings (SSSR count). The molecule has 1 aliphatic rings. The van der Waals surface area contributed by atoms with Crippen LogP contribution in [0.25, 0.3) is 0 Å². The van der Waals surface area contributed by atoms with Gasteiger partial charge in [-0.25, -0.2) is 4.98 Å². The second-order valence-corrected chi connectivity index (χ2v) is 5.26. The van der Waals surface area contributed by atoms with Gasteiger partial charge in [0, 0.05) is 18.8 Å². The summed E-state index contributed by atoms with van der Waals surface area (Å²) in [7, 11) is 1.63. The molecule has 21 heavy (non-hydrogen) atoms. The van der Waals surface area contributed by atoms with Crippen molar-refractivity contribution in [1.29, 1.82) is 0 Å². The molecule has 1 aromatic carbocycles. The smallest absolute Gasteiger partial charge is 0.238 e. The van der Waals surface area contributed by atoms with Crippen LogP contribution in [-0.2, 0) is 6.54 Å². The van der Waals surface area contributed by atoms with E-state index in [0.717, 1.165) is 17.8 Å². The van der Waals surface area contributed by atoms with E-state index in [-0.39, 0.29) is 0 Å². The lowest BCUT2D eigenvalue weighted by Gasteiger charge is -2.10. The van der Waals surface area contributed by atoms with Crippen molar-refractivity contribution >= 4 is 0 Å². The highest BCUT2D eigenvalue weighted by Gasteiger charge is 2.20. The minimum atomic E-state index is 0.479. The maximum atomic E-state index is 5.79. The maximum Gasteiger partial charge on any atom is 0.238 e. The van der Waals surface area contributed by atoms with Crippen molar-refractivity contribution in [2.24, 2.45) is 0 Å². The third-order valence-electron chi connectivity index (χ3n) is 3.35. The summed E-state index contributed by atoms with van der Waals surface area (Å²) in [5, 5.41) is 3.41. The van der Waals surface area contributed by atoms with Crippen LogP contribution >= 0.6 is 0 Å². The predicted molar refractivity (Wildman–Crippen MR) is 79.7 cm³/mol. The monoisotopic (exact) mass is 285 g/mol. The number of nitrogens with one attached hydrogen (secondary N) is 1. The SMILES string of the molecule is COc1cc(C)ccc1Oc1cncc(CNC2CC2)n1. The highest BCUT2D eigenvalue weighted by molar-refractivity contribution is 5.44. The van der Waals surface area contributed by atoms with E-state index in [4.69, 9.17) is 9.47 Å². The minimum absolute atomic E-state index is 0.479. The molecule has 1 N–H and O–H groups in total. The Kier molecular flexibility index (Phi) is 4.01. The Morgan fingerprint density at radius 2 is 2.10 bits per heavy atom. The van der Waals surface area contributed by atoms with Gasteiger partial charge in [0.15, 0.2) is 11.5 Å². The van der Waals surface area contributed by atoms with Crippen LogP contribution in [-0.4, -0.2) is 23.1 Å². The number of benzene rings is 1. The Morgan fingerprint density at radius 1 is 1.24 bits per heavy atom. The fourth-order valence-electron chi connectivity index (χ4n) is 2.03. The van der Waals surface area contributed by atoms with Crippen LogP contribution in [0.3, 0.4) is 0 Å². The zero-order valence-electron chi connectivity index (χ0n) is 12.3. The van der Waals surface area contributed by atoms with Crippen molar-refractivity contribution in [2.45, 2.75) is 32.4 Å². The van der Waals surface area contributed by atoms with Crippen LogP contribution in [0.1, 0.15) is 24.1 Å². The molecule has 0 saturated heterocycles. The highest BCUT2D eigenvalue weighted by Crippen LogP contribution is 2.31.